The zero-order chi connectivity index (χ0) is 13.3. The quantitative estimate of drug-likeness (QED) is 0.927. The molecule has 0 radical (unpaired) electrons. The second-order valence-electron chi connectivity index (χ2n) is 4.19. The second-order valence-corrected chi connectivity index (χ2v) is 4.60. The molecule has 0 spiro atoms. The summed E-state index contributed by atoms with van der Waals surface area (Å²) in [5.41, 5.74) is 3.24. The molecule has 1 N–H and O–H groups in total. The first-order valence-electron chi connectivity index (χ1n) is 5.51. The summed E-state index contributed by atoms with van der Waals surface area (Å²) in [4.78, 5) is 10.7. The third-order valence-electron chi connectivity index (χ3n) is 2.76. The predicted octanol–water partition coefficient (Wildman–Crippen LogP) is 2.77. The highest BCUT2D eigenvalue weighted by molar-refractivity contribution is 6.31. The van der Waals surface area contributed by atoms with E-state index in [2.05, 4.69) is 5.10 Å². The number of aromatic nitrogens is 2. The maximum atomic E-state index is 10.7. The van der Waals surface area contributed by atoms with Crippen LogP contribution in [0.3, 0.4) is 0 Å². The Labute approximate surface area is 110 Å². The predicted molar refractivity (Wildman–Crippen MR) is 69.4 cm³/mol. The molecule has 18 heavy (non-hydrogen) atoms. The molecule has 1 heterocycles. The van der Waals surface area contributed by atoms with E-state index >= 15 is 0 Å². The van der Waals surface area contributed by atoms with Gasteiger partial charge >= 0.3 is 5.97 Å². The van der Waals surface area contributed by atoms with E-state index in [-0.39, 0.29) is 6.42 Å². The molecule has 94 valence electrons. The Balaban J connectivity index is 2.39. The summed E-state index contributed by atoms with van der Waals surface area (Å²) in [7, 11) is 0. The fourth-order valence-corrected chi connectivity index (χ4v) is 1.86. The van der Waals surface area contributed by atoms with Crippen LogP contribution >= 0.6 is 11.6 Å². The Morgan fingerprint density at radius 3 is 2.78 bits per heavy atom. The van der Waals surface area contributed by atoms with E-state index in [0.717, 1.165) is 11.3 Å². The molecule has 2 aromatic rings. The molecule has 1 aromatic carbocycles. The third kappa shape index (κ3) is 2.54. The second kappa shape index (κ2) is 4.82. The molecule has 0 saturated heterocycles. The molecule has 0 aliphatic rings. The van der Waals surface area contributed by atoms with Crippen LogP contribution < -0.4 is 0 Å². The molecule has 0 bridgehead atoms. The summed E-state index contributed by atoms with van der Waals surface area (Å²) in [6.45, 7) is 3.72. The highest BCUT2D eigenvalue weighted by Gasteiger charge is 2.10. The van der Waals surface area contributed by atoms with Gasteiger partial charge in [0.1, 0.15) is 0 Å². The minimum absolute atomic E-state index is 0.0224. The van der Waals surface area contributed by atoms with E-state index in [1.807, 2.05) is 25.1 Å². The molecule has 0 unspecified atom stereocenters. The van der Waals surface area contributed by atoms with E-state index in [9.17, 15) is 4.79 Å². The molecule has 0 aliphatic carbocycles. The molecule has 0 fully saturated rings. The smallest absolute Gasteiger partial charge is 0.307 e. The van der Waals surface area contributed by atoms with Crippen molar-refractivity contribution in [2.45, 2.75) is 20.3 Å². The first-order valence-corrected chi connectivity index (χ1v) is 5.88. The Hall–Kier alpha value is -1.81. The number of nitrogens with zero attached hydrogens (tertiary/aromatic N) is 2. The van der Waals surface area contributed by atoms with Crippen molar-refractivity contribution in [3.8, 4) is 5.69 Å². The van der Waals surface area contributed by atoms with Crippen molar-refractivity contribution in [2.24, 2.45) is 0 Å². The van der Waals surface area contributed by atoms with E-state index in [1.54, 1.807) is 17.8 Å². The number of carboxylic acids is 1. The van der Waals surface area contributed by atoms with Crippen molar-refractivity contribution >= 4 is 17.6 Å². The van der Waals surface area contributed by atoms with Crippen LogP contribution in [-0.4, -0.2) is 20.9 Å². The summed E-state index contributed by atoms with van der Waals surface area (Å²) in [5.74, 6) is -0.861. The van der Waals surface area contributed by atoms with Gasteiger partial charge in [-0.1, -0.05) is 17.7 Å². The monoisotopic (exact) mass is 264 g/mol. The van der Waals surface area contributed by atoms with E-state index in [4.69, 9.17) is 16.7 Å². The number of carbonyl (C=O) groups is 1. The van der Waals surface area contributed by atoms with Crippen LogP contribution in [0.2, 0.25) is 5.02 Å². The van der Waals surface area contributed by atoms with Crippen molar-refractivity contribution < 1.29 is 9.90 Å². The van der Waals surface area contributed by atoms with Crippen LogP contribution in [-0.2, 0) is 11.2 Å². The topological polar surface area (TPSA) is 55.1 Å². The molecule has 5 heteroatoms. The zero-order valence-corrected chi connectivity index (χ0v) is 10.9. The molecule has 1 aromatic heterocycles. The van der Waals surface area contributed by atoms with Crippen molar-refractivity contribution in [1.29, 1.82) is 0 Å². The maximum absolute atomic E-state index is 10.7. The van der Waals surface area contributed by atoms with Crippen LogP contribution in [0.1, 0.15) is 16.8 Å². The lowest BCUT2D eigenvalue weighted by Crippen LogP contribution is -2.00. The normalized spacial score (nSPS) is 10.6. The van der Waals surface area contributed by atoms with Crippen LogP contribution in [0.25, 0.3) is 5.69 Å². The van der Waals surface area contributed by atoms with Gasteiger partial charge in [0, 0.05) is 16.8 Å². The van der Waals surface area contributed by atoms with Gasteiger partial charge in [-0.25, -0.2) is 4.68 Å². The number of hydrogen-bond donors (Lipinski definition) is 1. The van der Waals surface area contributed by atoms with Crippen LogP contribution in [0.4, 0.5) is 0 Å². The fraction of sp³-hybridized carbons (Fsp3) is 0.231. The van der Waals surface area contributed by atoms with Gasteiger partial charge in [-0.15, -0.1) is 0 Å². The van der Waals surface area contributed by atoms with Crippen molar-refractivity contribution in [1.82, 2.24) is 9.78 Å². The standard InChI is InChI=1S/C13H13ClN2O2/c1-8-3-4-11(6-12(8)14)16-7-10(5-13(17)18)9(2)15-16/h3-4,6-7H,5H2,1-2H3,(H,17,18). The Kier molecular flexibility index (Phi) is 3.39. The van der Waals surface area contributed by atoms with Gasteiger partial charge in [-0.2, -0.15) is 5.10 Å². The number of carboxylic acid groups (broad SMARTS) is 1. The number of hydrogen-bond acceptors (Lipinski definition) is 2. The number of benzene rings is 1. The largest absolute Gasteiger partial charge is 0.481 e. The van der Waals surface area contributed by atoms with Gasteiger partial charge in [0.2, 0.25) is 0 Å². The Morgan fingerprint density at radius 2 is 2.17 bits per heavy atom. The van der Waals surface area contributed by atoms with Crippen molar-refractivity contribution in [3.63, 3.8) is 0 Å². The molecule has 0 amide bonds. The lowest BCUT2D eigenvalue weighted by atomic mass is 10.2. The lowest BCUT2D eigenvalue weighted by molar-refractivity contribution is -0.136. The average Bonchev–Trinajstić information content (AvgIpc) is 2.63. The molecule has 0 aliphatic heterocycles. The lowest BCUT2D eigenvalue weighted by Gasteiger charge is -2.03. The molecule has 0 saturated carbocycles. The Morgan fingerprint density at radius 1 is 1.44 bits per heavy atom. The molecule has 2 rings (SSSR count). The SMILES string of the molecule is Cc1ccc(-n2cc(CC(=O)O)c(C)n2)cc1Cl. The van der Waals surface area contributed by atoms with Gasteiger partial charge in [0.15, 0.2) is 0 Å². The molecule has 0 atom stereocenters. The first-order chi connectivity index (χ1) is 8.47. The van der Waals surface area contributed by atoms with Crippen LogP contribution in [0, 0.1) is 13.8 Å². The van der Waals surface area contributed by atoms with E-state index in [0.29, 0.717) is 16.3 Å². The average molecular weight is 265 g/mol. The Bertz CT molecular complexity index is 605. The summed E-state index contributed by atoms with van der Waals surface area (Å²) >= 11 is 6.06. The molecular weight excluding hydrogens is 252 g/mol. The van der Waals surface area contributed by atoms with Gasteiger partial charge in [0.25, 0.3) is 0 Å². The molecular formula is C13H13ClN2O2. The van der Waals surface area contributed by atoms with E-state index < -0.39 is 5.97 Å². The van der Waals surface area contributed by atoms with Crippen LogP contribution in [0.5, 0.6) is 0 Å². The van der Waals surface area contributed by atoms with Gasteiger partial charge < -0.3 is 5.11 Å². The minimum atomic E-state index is -0.861. The summed E-state index contributed by atoms with van der Waals surface area (Å²) in [5, 5.41) is 13.8. The third-order valence-corrected chi connectivity index (χ3v) is 3.17. The minimum Gasteiger partial charge on any atom is -0.481 e. The summed E-state index contributed by atoms with van der Waals surface area (Å²) in [6, 6.07) is 5.62. The zero-order valence-electron chi connectivity index (χ0n) is 10.1. The van der Waals surface area contributed by atoms with Crippen LogP contribution in [0.15, 0.2) is 24.4 Å². The highest BCUT2D eigenvalue weighted by Crippen LogP contribution is 2.20. The number of aryl methyl sites for hydroxylation is 2. The van der Waals surface area contributed by atoms with Gasteiger partial charge in [-0.3, -0.25) is 4.79 Å². The number of aliphatic carboxylic acids is 1. The first kappa shape index (κ1) is 12.6. The van der Waals surface area contributed by atoms with Gasteiger partial charge in [-0.05, 0) is 31.5 Å². The van der Waals surface area contributed by atoms with Gasteiger partial charge in [0.05, 0.1) is 17.8 Å². The fourth-order valence-electron chi connectivity index (χ4n) is 1.69. The summed E-state index contributed by atoms with van der Waals surface area (Å²) in [6.07, 6.45) is 1.70. The maximum Gasteiger partial charge on any atom is 0.307 e. The molecule has 4 nitrogen and oxygen atoms in total. The van der Waals surface area contributed by atoms with E-state index in [1.165, 1.54) is 0 Å². The van der Waals surface area contributed by atoms with Crippen molar-refractivity contribution in [3.05, 3.63) is 46.2 Å². The number of rotatable bonds is 3. The van der Waals surface area contributed by atoms with Crippen molar-refractivity contribution in [2.75, 3.05) is 0 Å². The summed E-state index contributed by atoms with van der Waals surface area (Å²) < 4.78 is 1.65. The number of halogens is 1. The highest BCUT2D eigenvalue weighted by atomic mass is 35.5.